The Morgan fingerprint density at radius 2 is 2.27 bits per heavy atom. The monoisotopic (exact) mass is 209 g/mol. The number of hydrogen-bond donors (Lipinski definition) is 2. The van der Waals surface area contributed by atoms with E-state index in [1.165, 1.54) is 12.1 Å². The maximum atomic E-state index is 11.6. The number of carbonyl (C=O) groups excluding carboxylic acids is 1. The average molecular weight is 209 g/mol. The van der Waals surface area contributed by atoms with Crippen LogP contribution in [0, 0.1) is 0 Å². The molecule has 0 saturated heterocycles. The fraction of sp³-hybridized carbons (Fsp3) is 0.300. The van der Waals surface area contributed by atoms with Gasteiger partial charge >= 0.3 is 0 Å². The Kier molecular flexibility index (Phi) is 2.24. The van der Waals surface area contributed by atoms with Gasteiger partial charge in [0.25, 0.3) is 0 Å². The Hall–Kier alpha value is -1.75. The van der Waals surface area contributed by atoms with Crippen molar-refractivity contribution in [2.45, 2.75) is 13.0 Å². The lowest BCUT2D eigenvalue weighted by atomic mass is 10.1. The van der Waals surface area contributed by atoms with Crippen LogP contribution in [-0.4, -0.2) is 23.7 Å². The Morgan fingerprint density at radius 1 is 1.53 bits per heavy atom. The van der Waals surface area contributed by atoms with Crippen molar-refractivity contribution in [1.29, 1.82) is 0 Å². The topological polar surface area (TPSA) is 81.8 Å². The van der Waals surface area contributed by atoms with Gasteiger partial charge in [-0.15, -0.1) is 0 Å². The number of Topliss-reactive ketones (excluding diaryl/α,β-unsaturated/α-hetero) is 1. The van der Waals surface area contributed by atoms with Gasteiger partial charge in [-0.3, -0.25) is 4.79 Å². The van der Waals surface area contributed by atoms with Crippen LogP contribution < -0.4 is 15.2 Å². The van der Waals surface area contributed by atoms with Crippen LogP contribution in [0.15, 0.2) is 12.1 Å². The summed E-state index contributed by atoms with van der Waals surface area (Å²) in [4.78, 5) is 11.6. The summed E-state index contributed by atoms with van der Waals surface area (Å²) in [6, 6.07) is 2.25. The third-order valence-corrected chi connectivity index (χ3v) is 2.15. The van der Waals surface area contributed by atoms with E-state index in [4.69, 9.17) is 15.2 Å². The van der Waals surface area contributed by atoms with Crippen LogP contribution in [0.3, 0.4) is 0 Å². The molecule has 5 heteroatoms. The van der Waals surface area contributed by atoms with E-state index in [0.29, 0.717) is 11.3 Å². The number of phenols is 1. The number of nitrogens with two attached hydrogens (primary N) is 1. The number of benzene rings is 1. The molecule has 0 radical (unpaired) electrons. The Balaban J connectivity index is 2.44. The number of rotatable bonds is 2. The zero-order valence-electron chi connectivity index (χ0n) is 8.19. The first-order valence-corrected chi connectivity index (χ1v) is 4.52. The van der Waals surface area contributed by atoms with Crippen LogP contribution >= 0.6 is 0 Å². The number of fused-ring (bicyclic) bond motifs is 1. The molecular weight excluding hydrogens is 198 g/mol. The molecule has 0 fully saturated rings. The van der Waals surface area contributed by atoms with Crippen LogP contribution in [0.25, 0.3) is 0 Å². The molecule has 1 aromatic carbocycles. The molecule has 0 amide bonds. The molecule has 1 heterocycles. The first kappa shape index (κ1) is 9.79. The SMILES string of the molecule is CC(N)C(=O)c1cc(O)c2c(c1)OCO2. The summed E-state index contributed by atoms with van der Waals surface area (Å²) in [5, 5.41) is 9.54. The largest absolute Gasteiger partial charge is 0.504 e. The Morgan fingerprint density at radius 3 is 2.93 bits per heavy atom. The van der Waals surface area contributed by atoms with E-state index in [2.05, 4.69) is 0 Å². The molecule has 0 spiro atoms. The predicted molar refractivity (Wildman–Crippen MR) is 52.2 cm³/mol. The second-order valence-electron chi connectivity index (χ2n) is 3.38. The summed E-state index contributed by atoms with van der Waals surface area (Å²) in [5.41, 5.74) is 5.79. The molecule has 1 aromatic rings. The molecule has 15 heavy (non-hydrogen) atoms. The van der Waals surface area contributed by atoms with Crippen LogP contribution in [0.1, 0.15) is 17.3 Å². The second-order valence-corrected chi connectivity index (χ2v) is 3.38. The van der Waals surface area contributed by atoms with E-state index < -0.39 is 6.04 Å². The van der Waals surface area contributed by atoms with Gasteiger partial charge in [-0.25, -0.2) is 0 Å². The first-order valence-electron chi connectivity index (χ1n) is 4.52. The van der Waals surface area contributed by atoms with Crippen molar-refractivity contribution >= 4 is 5.78 Å². The lowest BCUT2D eigenvalue weighted by Gasteiger charge is -2.06. The maximum Gasteiger partial charge on any atom is 0.231 e. The average Bonchev–Trinajstić information content (AvgIpc) is 2.64. The summed E-state index contributed by atoms with van der Waals surface area (Å²) >= 11 is 0. The molecule has 3 N–H and O–H groups in total. The van der Waals surface area contributed by atoms with Crippen molar-refractivity contribution in [2.24, 2.45) is 5.73 Å². The van der Waals surface area contributed by atoms with E-state index in [1.807, 2.05) is 0 Å². The van der Waals surface area contributed by atoms with Crippen molar-refractivity contribution in [2.75, 3.05) is 6.79 Å². The summed E-state index contributed by atoms with van der Waals surface area (Å²) in [5.74, 6) is 0.299. The lowest BCUT2D eigenvalue weighted by molar-refractivity contribution is 0.0967. The number of carbonyl (C=O) groups is 1. The third kappa shape index (κ3) is 1.61. The highest BCUT2D eigenvalue weighted by Crippen LogP contribution is 2.41. The molecular formula is C10H11NO4. The molecule has 5 nitrogen and oxygen atoms in total. The van der Waals surface area contributed by atoms with Gasteiger partial charge in [-0.2, -0.15) is 0 Å². The molecule has 2 rings (SSSR count). The normalized spacial score (nSPS) is 15.1. The van der Waals surface area contributed by atoms with Crippen molar-refractivity contribution < 1.29 is 19.4 Å². The van der Waals surface area contributed by atoms with E-state index >= 15 is 0 Å². The van der Waals surface area contributed by atoms with E-state index in [0.717, 1.165) is 0 Å². The minimum absolute atomic E-state index is 0.0543. The van der Waals surface area contributed by atoms with Crippen LogP contribution in [-0.2, 0) is 0 Å². The number of phenolic OH excluding ortho intramolecular Hbond substituents is 1. The van der Waals surface area contributed by atoms with E-state index in [-0.39, 0.29) is 24.1 Å². The van der Waals surface area contributed by atoms with Crippen LogP contribution in [0.5, 0.6) is 17.2 Å². The standard InChI is InChI=1S/C10H11NO4/c1-5(11)9(13)6-2-7(12)10-8(3-6)14-4-15-10/h2-3,5,12H,4,11H2,1H3. The summed E-state index contributed by atoms with van der Waals surface area (Å²) < 4.78 is 10.1. The van der Waals surface area contributed by atoms with E-state index in [1.54, 1.807) is 6.92 Å². The van der Waals surface area contributed by atoms with Gasteiger partial charge in [0.1, 0.15) is 0 Å². The van der Waals surface area contributed by atoms with Crippen molar-refractivity contribution in [3.05, 3.63) is 17.7 Å². The molecule has 1 unspecified atom stereocenters. The Bertz CT molecular complexity index is 414. The van der Waals surface area contributed by atoms with Crippen molar-refractivity contribution in [3.8, 4) is 17.2 Å². The maximum absolute atomic E-state index is 11.6. The molecule has 0 aromatic heterocycles. The summed E-state index contributed by atoms with van der Waals surface area (Å²) in [7, 11) is 0. The number of hydrogen-bond acceptors (Lipinski definition) is 5. The molecule has 0 saturated carbocycles. The minimum Gasteiger partial charge on any atom is -0.504 e. The lowest BCUT2D eigenvalue weighted by Crippen LogP contribution is -2.26. The zero-order chi connectivity index (χ0) is 11.0. The molecule has 80 valence electrons. The summed E-state index contributed by atoms with van der Waals surface area (Å²) in [6.07, 6.45) is 0. The van der Waals surface area contributed by atoms with Gasteiger partial charge in [0, 0.05) is 5.56 Å². The highest BCUT2D eigenvalue weighted by Gasteiger charge is 2.22. The fourth-order valence-corrected chi connectivity index (χ4v) is 1.40. The van der Waals surface area contributed by atoms with E-state index in [9.17, 15) is 9.90 Å². The Labute approximate surface area is 86.4 Å². The molecule has 0 aliphatic carbocycles. The van der Waals surface area contributed by atoms with Crippen LogP contribution in [0.2, 0.25) is 0 Å². The quantitative estimate of drug-likeness (QED) is 0.699. The van der Waals surface area contributed by atoms with Gasteiger partial charge in [0.05, 0.1) is 6.04 Å². The van der Waals surface area contributed by atoms with Gasteiger partial charge in [-0.1, -0.05) is 0 Å². The molecule has 1 atom stereocenters. The van der Waals surface area contributed by atoms with Gasteiger partial charge in [0.2, 0.25) is 12.5 Å². The number of aromatic hydroxyl groups is 1. The molecule has 1 aliphatic rings. The smallest absolute Gasteiger partial charge is 0.231 e. The third-order valence-electron chi connectivity index (χ3n) is 2.15. The molecule has 0 bridgehead atoms. The second kappa shape index (κ2) is 3.43. The van der Waals surface area contributed by atoms with Gasteiger partial charge in [-0.05, 0) is 19.1 Å². The van der Waals surface area contributed by atoms with Crippen LogP contribution in [0.4, 0.5) is 0 Å². The molecule has 1 aliphatic heterocycles. The van der Waals surface area contributed by atoms with Crippen molar-refractivity contribution in [3.63, 3.8) is 0 Å². The minimum atomic E-state index is -0.607. The van der Waals surface area contributed by atoms with Crippen molar-refractivity contribution in [1.82, 2.24) is 0 Å². The predicted octanol–water partition coefficient (Wildman–Crippen LogP) is 0.651. The fourth-order valence-electron chi connectivity index (χ4n) is 1.40. The summed E-state index contributed by atoms with van der Waals surface area (Å²) in [6.45, 7) is 1.64. The highest BCUT2D eigenvalue weighted by molar-refractivity contribution is 6.00. The zero-order valence-corrected chi connectivity index (χ0v) is 8.19. The number of ketones is 1. The first-order chi connectivity index (χ1) is 7.09. The highest BCUT2D eigenvalue weighted by atomic mass is 16.7. The number of ether oxygens (including phenoxy) is 2. The van der Waals surface area contributed by atoms with Gasteiger partial charge in [0.15, 0.2) is 17.3 Å². The van der Waals surface area contributed by atoms with Gasteiger partial charge < -0.3 is 20.3 Å².